The molecule has 0 aliphatic carbocycles. The van der Waals surface area contributed by atoms with E-state index >= 15 is 0 Å². The van der Waals surface area contributed by atoms with Gasteiger partial charge in [-0.25, -0.2) is 0 Å². The summed E-state index contributed by atoms with van der Waals surface area (Å²) in [5.74, 6) is 1.91. The Bertz CT molecular complexity index is 273. The van der Waals surface area contributed by atoms with Crippen LogP contribution in [-0.2, 0) is 13.5 Å². The maximum atomic E-state index is 4.13. The minimum absolute atomic E-state index is 0.785. The SMILES string of the molecule is Cn1cnnc1CC1CCCNCC1. The van der Waals surface area contributed by atoms with Crippen LogP contribution < -0.4 is 5.32 Å². The summed E-state index contributed by atoms with van der Waals surface area (Å²) in [6, 6.07) is 0. The molecule has 1 atom stereocenters. The fourth-order valence-electron chi connectivity index (χ4n) is 2.05. The number of nitrogens with zero attached hydrogens (tertiary/aromatic N) is 3. The minimum atomic E-state index is 0.785. The fourth-order valence-corrected chi connectivity index (χ4v) is 2.05. The zero-order valence-corrected chi connectivity index (χ0v) is 8.74. The van der Waals surface area contributed by atoms with Gasteiger partial charge in [0, 0.05) is 13.5 Å². The highest BCUT2D eigenvalue weighted by Crippen LogP contribution is 2.17. The average molecular weight is 194 g/mol. The fraction of sp³-hybridized carbons (Fsp3) is 0.800. The molecule has 0 saturated carbocycles. The van der Waals surface area contributed by atoms with Gasteiger partial charge in [0.2, 0.25) is 0 Å². The summed E-state index contributed by atoms with van der Waals surface area (Å²) in [6.07, 6.45) is 6.75. The summed E-state index contributed by atoms with van der Waals surface area (Å²) in [5.41, 5.74) is 0. The molecule has 4 heteroatoms. The van der Waals surface area contributed by atoms with E-state index < -0.39 is 0 Å². The van der Waals surface area contributed by atoms with E-state index in [9.17, 15) is 0 Å². The Morgan fingerprint density at radius 3 is 3.21 bits per heavy atom. The van der Waals surface area contributed by atoms with Crippen LogP contribution in [0.1, 0.15) is 25.1 Å². The number of aromatic nitrogens is 3. The topological polar surface area (TPSA) is 42.7 Å². The number of hydrogen-bond acceptors (Lipinski definition) is 3. The first-order chi connectivity index (χ1) is 6.86. The lowest BCUT2D eigenvalue weighted by molar-refractivity contribution is 0.453. The molecule has 1 N–H and O–H groups in total. The Morgan fingerprint density at radius 1 is 1.50 bits per heavy atom. The summed E-state index contributed by atoms with van der Waals surface area (Å²) < 4.78 is 2.03. The maximum Gasteiger partial charge on any atom is 0.132 e. The molecule has 0 amide bonds. The summed E-state index contributed by atoms with van der Waals surface area (Å²) >= 11 is 0. The monoisotopic (exact) mass is 194 g/mol. The van der Waals surface area contributed by atoms with E-state index in [2.05, 4.69) is 15.5 Å². The molecule has 0 spiro atoms. The Morgan fingerprint density at radius 2 is 2.43 bits per heavy atom. The molecule has 4 nitrogen and oxygen atoms in total. The van der Waals surface area contributed by atoms with Crippen LogP contribution in [0.15, 0.2) is 6.33 Å². The standard InChI is InChI=1S/C10H18N4/c1-14-8-12-13-10(14)7-9-3-2-5-11-6-4-9/h8-9,11H,2-7H2,1H3. The highest BCUT2D eigenvalue weighted by molar-refractivity contribution is 4.87. The van der Waals surface area contributed by atoms with Crippen molar-refractivity contribution < 1.29 is 0 Å². The zero-order chi connectivity index (χ0) is 9.80. The van der Waals surface area contributed by atoms with Gasteiger partial charge in [-0.1, -0.05) is 0 Å². The molecule has 1 unspecified atom stereocenters. The van der Waals surface area contributed by atoms with Gasteiger partial charge >= 0.3 is 0 Å². The summed E-state index contributed by atoms with van der Waals surface area (Å²) in [5, 5.41) is 11.5. The summed E-state index contributed by atoms with van der Waals surface area (Å²) in [7, 11) is 2.02. The molecule has 1 aromatic rings. The van der Waals surface area contributed by atoms with Crippen molar-refractivity contribution in [1.29, 1.82) is 0 Å². The lowest BCUT2D eigenvalue weighted by atomic mass is 9.97. The first kappa shape index (κ1) is 9.65. The van der Waals surface area contributed by atoms with Gasteiger partial charge in [0.05, 0.1) is 0 Å². The highest BCUT2D eigenvalue weighted by Gasteiger charge is 2.14. The number of nitrogens with one attached hydrogen (secondary N) is 1. The Labute approximate surface area is 84.7 Å². The first-order valence-electron chi connectivity index (χ1n) is 5.40. The van der Waals surface area contributed by atoms with Crippen molar-refractivity contribution in [2.24, 2.45) is 13.0 Å². The largest absolute Gasteiger partial charge is 0.321 e. The normalized spacial score (nSPS) is 23.4. The molecule has 0 radical (unpaired) electrons. The second-order valence-corrected chi connectivity index (χ2v) is 4.11. The lowest BCUT2D eigenvalue weighted by Crippen LogP contribution is -2.15. The van der Waals surface area contributed by atoms with Crippen LogP contribution in [0.2, 0.25) is 0 Å². The van der Waals surface area contributed by atoms with E-state index in [1.807, 2.05) is 11.6 Å². The van der Waals surface area contributed by atoms with Gasteiger partial charge in [-0.2, -0.15) is 0 Å². The van der Waals surface area contributed by atoms with E-state index in [1.165, 1.54) is 25.8 Å². The molecule has 78 valence electrons. The van der Waals surface area contributed by atoms with Crippen LogP contribution in [0.5, 0.6) is 0 Å². The van der Waals surface area contributed by atoms with E-state index in [0.717, 1.165) is 24.7 Å². The van der Waals surface area contributed by atoms with Crippen LogP contribution >= 0.6 is 0 Å². The molecule has 1 aliphatic rings. The van der Waals surface area contributed by atoms with Gasteiger partial charge in [0.25, 0.3) is 0 Å². The third-order valence-corrected chi connectivity index (χ3v) is 2.97. The summed E-state index contributed by atoms with van der Waals surface area (Å²) in [6.45, 7) is 2.33. The molecule has 2 rings (SSSR count). The summed E-state index contributed by atoms with van der Waals surface area (Å²) in [4.78, 5) is 0. The molecule has 1 aromatic heterocycles. The molecular formula is C10H18N4. The van der Waals surface area contributed by atoms with Gasteiger partial charge in [-0.15, -0.1) is 10.2 Å². The molecule has 0 bridgehead atoms. The van der Waals surface area contributed by atoms with E-state index in [0.29, 0.717) is 0 Å². The van der Waals surface area contributed by atoms with Crippen LogP contribution in [0.3, 0.4) is 0 Å². The van der Waals surface area contributed by atoms with Crippen molar-refractivity contribution in [1.82, 2.24) is 20.1 Å². The molecule has 14 heavy (non-hydrogen) atoms. The Hall–Kier alpha value is -0.900. The number of hydrogen-bond donors (Lipinski definition) is 1. The second kappa shape index (κ2) is 4.55. The zero-order valence-electron chi connectivity index (χ0n) is 8.74. The third kappa shape index (κ3) is 2.32. The third-order valence-electron chi connectivity index (χ3n) is 2.97. The molecular weight excluding hydrogens is 176 g/mol. The van der Waals surface area contributed by atoms with Crippen molar-refractivity contribution in [3.63, 3.8) is 0 Å². The van der Waals surface area contributed by atoms with Crippen molar-refractivity contribution in [2.75, 3.05) is 13.1 Å². The van der Waals surface area contributed by atoms with Crippen molar-refractivity contribution in [3.05, 3.63) is 12.2 Å². The van der Waals surface area contributed by atoms with E-state index in [1.54, 1.807) is 6.33 Å². The Kier molecular flexibility index (Phi) is 3.14. The van der Waals surface area contributed by atoms with Gasteiger partial charge in [0.15, 0.2) is 0 Å². The van der Waals surface area contributed by atoms with Crippen molar-refractivity contribution in [2.45, 2.75) is 25.7 Å². The molecule has 0 aromatic carbocycles. The molecule has 1 saturated heterocycles. The first-order valence-corrected chi connectivity index (χ1v) is 5.40. The average Bonchev–Trinajstić information content (AvgIpc) is 2.44. The smallest absolute Gasteiger partial charge is 0.132 e. The van der Waals surface area contributed by atoms with Gasteiger partial charge in [-0.3, -0.25) is 0 Å². The van der Waals surface area contributed by atoms with E-state index in [4.69, 9.17) is 0 Å². The van der Waals surface area contributed by atoms with Gasteiger partial charge < -0.3 is 9.88 Å². The van der Waals surface area contributed by atoms with E-state index in [-0.39, 0.29) is 0 Å². The molecule has 1 fully saturated rings. The maximum absolute atomic E-state index is 4.13. The van der Waals surface area contributed by atoms with Crippen LogP contribution in [-0.4, -0.2) is 27.9 Å². The van der Waals surface area contributed by atoms with Crippen molar-refractivity contribution in [3.8, 4) is 0 Å². The van der Waals surface area contributed by atoms with Crippen molar-refractivity contribution >= 4 is 0 Å². The minimum Gasteiger partial charge on any atom is -0.321 e. The predicted octanol–water partition coefficient (Wildman–Crippen LogP) is 0.747. The van der Waals surface area contributed by atoms with Crippen LogP contribution in [0, 0.1) is 5.92 Å². The molecule has 1 aliphatic heterocycles. The number of rotatable bonds is 2. The molecule has 2 heterocycles. The van der Waals surface area contributed by atoms with Crippen LogP contribution in [0.4, 0.5) is 0 Å². The highest BCUT2D eigenvalue weighted by atomic mass is 15.2. The van der Waals surface area contributed by atoms with Crippen LogP contribution in [0.25, 0.3) is 0 Å². The second-order valence-electron chi connectivity index (χ2n) is 4.11. The van der Waals surface area contributed by atoms with Gasteiger partial charge in [0.1, 0.15) is 12.2 Å². The lowest BCUT2D eigenvalue weighted by Gasteiger charge is -2.12. The predicted molar refractivity (Wildman–Crippen MR) is 54.9 cm³/mol. The van der Waals surface area contributed by atoms with Gasteiger partial charge in [-0.05, 0) is 38.3 Å². The Balaban J connectivity index is 1.92. The number of aryl methyl sites for hydroxylation is 1. The quantitative estimate of drug-likeness (QED) is 0.755.